The van der Waals surface area contributed by atoms with Crippen LogP contribution in [0.1, 0.15) is 36.5 Å². The van der Waals surface area contributed by atoms with Crippen LogP contribution in [0.3, 0.4) is 0 Å². The van der Waals surface area contributed by atoms with E-state index in [1.54, 1.807) is 12.3 Å². The van der Waals surface area contributed by atoms with E-state index in [-0.39, 0.29) is 5.91 Å². The standard InChI is InChI=1S/C14H20ClN3OS/c1-2-16-13-12(15)7-10(8-17-13)14(19)18-9-11-5-3-4-6-20-11/h7-8,11H,2-6,9H2,1H3,(H,16,17)(H,18,19). The third kappa shape index (κ3) is 4.28. The van der Waals surface area contributed by atoms with E-state index in [1.807, 2.05) is 18.7 Å². The van der Waals surface area contributed by atoms with E-state index in [2.05, 4.69) is 15.6 Å². The van der Waals surface area contributed by atoms with Crippen LogP contribution in [-0.2, 0) is 0 Å². The molecule has 1 fully saturated rings. The molecule has 0 bridgehead atoms. The molecule has 0 aliphatic carbocycles. The van der Waals surface area contributed by atoms with Crippen molar-refractivity contribution in [3.8, 4) is 0 Å². The number of hydrogen-bond acceptors (Lipinski definition) is 4. The molecule has 1 amide bonds. The summed E-state index contributed by atoms with van der Waals surface area (Å²) in [6, 6.07) is 1.66. The number of rotatable bonds is 5. The first-order valence-corrected chi connectivity index (χ1v) is 8.42. The van der Waals surface area contributed by atoms with Crippen LogP contribution < -0.4 is 10.6 Å². The third-order valence-electron chi connectivity index (χ3n) is 3.21. The second kappa shape index (κ2) is 7.74. The van der Waals surface area contributed by atoms with Gasteiger partial charge in [0.05, 0.1) is 10.6 Å². The van der Waals surface area contributed by atoms with Gasteiger partial charge in [-0.2, -0.15) is 11.8 Å². The van der Waals surface area contributed by atoms with Gasteiger partial charge in [-0.1, -0.05) is 18.0 Å². The van der Waals surface area contributed by atoms with Crippen molar-refractivity contribution in [2.75, 3.05) is 24.2 Å². The fourth-order valence-electron chi connectivity index (χ4n) is 2.14. The number of pyridine rings is 1. The highest BCUT2D eigenvalue weighted by Crippen LogP contribution is 2.24. The molecule has 1 unspecified atom stereocenters. The molecule has 1 atom stereocenters. The Kier molecular flexibility index (Phi) is 5.98. The number of aromatic nitrogens is 1. The van der Waals surface area contributed by atoms with Crippen molar-refractivity contribution in [2.24, 2.45) is 0 Å². The highest BCUT2D eigenvalue weighted by Gasteiger charge is 2.16. The van der Waals surface area contributed by atoms with E-state index in [0.29, 0.717) is 21.7 Å². The largest absolute Gasteiger partial charge is 0.369 e. The minimum absolute atomic E-state index is 0.103. The Morgan fingerprint density at radius 3 is 3.05 bits per heavy atom. The van der Waals surface area contributed by atoms with E-state index < -0.39 is 0 Å². The lowest BCUT2D eigenvalue weighted by atomic mass is 10.2. The van der Waals surface area contributed by atoms with Gasteiger partial charge in [-0.05, 0) is 31.6 Å². The van der Waals surface area contributed by atoms with Gasteiger partial charge in [-0.3, -0.25) is 4.79 Å². The summed E-state index contributed by atoms with van der Waals surface area (Å²) in [6.07, 6.45) is 5.30. The lowest BCUT2D eigenvalue weighted by molar-refractivity contribution is 0.0953. The Bertz CT molecular complexity index is 464. The van der Waals surface area contributed by atoms with E-state index in [9.17, 15) is 4.79 Å². The molecule has 2 rings (SSSR count). The van der Waals surface area contributed by atoms with Crippen LogP contribution in [0.15, 0.2) is 12.3 Å². The maximum absolute atomic E-state index is 12.1. The predicted molar refractivity (Wildman–Crippen MR) is 85.8 cm³/mol. The normalized spacial score (nSPS) is 18.6. The van der Waals surface area contributed by atoms with Gasteiger partial charge in [0, 0.05) is 24.5 Å². The zero-order valence-corrected chi connectivity index (χ0v) is 13.2. The summed E-state index contributed by atoms with van der Waals surface area (Å²) in [6.45, 7) is 3.44. The quantitative estimate of drug-likeness (QED) is 0.876. The molecule has 1 aromatic heterocycles. The number of nitrogens with zero attached hydrogens (tertiary/aromatic N) is 1. The van der Waals surface area contributed by atoms with Crippen LogP contribution in [0.5, 0.6) is 0 Å². The van der Waals surface area contributed by atoms with Crippen LogP contribution in [0.2, 0.25) is 5.02 Å². The molecule has 1 aliphatic rings. The Morgan fingerprint density at radius 2 is 2.40 bits per heavy atom. The van der Waals surface area contributed by atoms with E-state index in [1.165, 1.54) is 25.0 Å². The number of thioether (sulfide) groups is 1. The van der Waals surface area contributed by atoms with Crippen molar-refractivity contribution in [2.45, 2.75) is 31.4 Å². The topological polar surface area (TPSA) is 54.0 Å². The molecular weight excluding hydrogens is 294 g/mol. The molecule has 0 saturated carbocycles. The molecule has 110 valence electrons. The van der Waals surface area contributed by atoms with Gasteiger partial charge >= 0.3 is 0 Å². The predicted octanol–water partition coefficient (Wildman–Crippen LogP) is 3.18. The number of hydrogen-bond donors (Lipinski definition) is 2. The van der Waals surface area contributed by atoms with Gasteiger partial charge in [0.2, 0.25) is 0 Å². The molecule has 0 aromatic carbocycles. The molecule has 0 spiro atoms. The summed E-state index contributed by atoms with van der Waals surface area (Å²) in [5.74, 6) is 1.72. The molecule has 4 nitrogen and oxygen atoms in total. The highest BCUT2D eigenvalue weighted by atomic mass is 35.5. The molecule has 1 saturated heterocycles. The number of carbonyl (C=O) groups excluding carboxylic acids is 1. The summed E-state index contributed by atoms with van der Waals surface area (Å²) in [4.78, 5) is 16.2. The number of amides is 1. The molecule has 1 aliphatic heterocycles. The second-order valence-electron chi connectivity index (χ2n) is 4.78. The monoisotopic (exact) mass is 313 g/mol. The van der Waals surface area contributed by atoms with E-state index in [4.69, 9.17) is 11.6 Å². The summed E-state index contributed by atoms with van der Waals surface area (Å²) in [5.41, 5.74) is 0.512. The maximum atomic E-state index is 12.1. The van der Waals surface area contributed by atoms with Crippen LogP contribution in [0, 0.1) is 0 Å². The van der Waals surface area contributed by atoms with E-state index in [0.717, 1.165) is 13.1 Å². The second-order valence-corrected chi connectivity index (χ2v) is 6.60. The van der Waals surface area contributed by atoms with Gasteiger partial charge in [-0.15, -0.1) is 0 Å². The molecule has 2 heterocycles. The first kappa shape index (κ1) is 15.4. The average molecular weight is 314 g/mol. The molecule has 6 heteroatoms. The SMILES string of the molecule is CCNc1ncc(C(=O)NCC2CCCCS2)cc1Cl. The van der Waals surface area contributed by atoms with Crippen molar-refractivity contribution < 1.29 is 4.79 Å². The van der Waals surface area contributed by atoms with Crippen molar-refractivity contribution in [3.05, 3.63) is 22.8 Å². The maximum Gasteiger partial charge on any atom is 0.252 e. The van der Waals surface area contributed by atoms with Crippen LogP contribution in [0.4, 0.5) is 5.82 Å². The summed E-state index contributed by atoms with van der Waals surface area (Å²) >= 11 is 8.04. The Hall–Kier alpha value is -0.940. The van der Waals surface area contributed by atoms with Crippen molar-refractivity contribution >= 4 is 35.1 Å². The Balaban J connectivity index is 1.89. The zero-order chi connectivity index (χ0) is 14.4. The van der Waals surface area contributed by atoms with Gasteiger partial charge in [-0.25, -0.2) is 4.98 Å². The first-order chi connectivity index (χ1) is 9.70. The molecule has 1 aromatic rings. The number of carbonyl (C=O) groups is 1. The number of nitrogens with one attached hydrogen (secondary N) is 2. The van der Waals surface area contributed by atoms with E-state index >= 15 is 0 Å². The third-order valence-corrected chi connectivity index (χ3v) is 4.90. The number of halogens is 1. The average Bonchev–Trinajstić information content (AvgIpc) is 2.48. The fraction of sp³-hybridized carbons (Fsp3) is 0.571. The summed E-state index contributed by atoms with van der Waals surface area (Å²) < 4.78 is 0. The number of anilines is 1. The Labute approximate surface area is 129 Å². The van der Waals surface area contributed by atoms with Crippen molar-refractivity contribution in [1.82, 2.24) is 10.3 Å². The van der Waals surface area contributed by atoms with Gasteiger partial charge in [0.15, 0.2) is 0 Å². The fourth-order valence-corrected chi connectivity index (χ4v) is 3.61. The van der Waals surface area contributed by atoms with Gasteiger partial charge < -0.3 is 10.6 Å². The zero-order valence-electron chi connectivity index (χ0n) is 11.6. The minimum Gasteiger partial charge on any atom is -0.369 e. The first-order valence-electron chi connectivity index (χ1n) is 7.00. The van der Waals surface area contributed by atoms with Crippen LogP contribution in [-0.4, -0.2) is 35.0 Å². The van der Waals surface area contributed by atoms with Crippen LogP contribution in [0.25, 0.3) is 0 Å². The van der Waals surface area contributed by atoms with Crippen molar-refractivity contribution in [3.63, 3.8) is 0 Å². The molecular formula is C14H20ClN3OS. The molecule has 2 N–H and O–H groups in total. The van der Waals surface area contributed by atoms with Gasteiger partial charge in [0.1, 0.15) is 5.82 Å². The molecule has 20 heavy (non-hydrogen) atoms. The lowest BCUT2D eigenvalue weighted by Gasteiger charge is -2.21. The Morgan fingerprint density at radius 1 is 1.55 bits per heavy atom. The van der Waals surface area contributed by atoms with Gasteiger partial charge in [0.25, 0.3) is 5.91 Å². The minimum atomic E-state index is -0.103. The van der Waals surface area contributed by atoms with Crippen LogP contribution >= 0.6 is 23.4 Å². The van der Waals surface area contributed by atoms with Crippen molar-refractivity contribution in [1.29, 1.82) is 0 Å². The smallest absolute Gasteiger partial charge is 0.252 e. The molecule has 0 radical (unpaired) electrons. The highest BCUT2D eigenvalue weighted by molar-refractivity contribution is 7.99. The summed E-state index contributed by atoms with van der Waals surface area (Å²) in [5, 5.41) is 7.03. The lowest BCUT2D eigenvalue weighted by Crippen LogP contribution is -2.32. The summed E-state index contributed by atoms with van der Waals surface area (Å²) in [7, 11) is 0.